The van der Waals surface area contributed by atoms with E-state index in [1.165, 1.54) is 0 Å². The van der Waals surface area contributed by atoms with Crippen LogP contribution in [0.15, 0.2) is 12.3 Å². The third-order valence-corrected chi connectivity index (χ3v) is 2.71. The van der Waals surface area contributed by atoms with Crippen LogP contribution in [0, 0.1) is 5.82 Å². The van der Waals surface area contributed by atoms with Gasteiger partial charge in [0, 0.05) is 6.04 Å². The van der Waals surface area contributed by atoms with Crippen molar-refractivity contribution in [3.63, 3.8) is 0 Å². The first-order chi connectivity index (χ1) is 8.54. The van der Waals surface area contributed by atoms with Crippen LogP contribution in [-0.4, -0.2) is 22.1 Å². The predicted molar refractivity (Wildman–Crippen MR) is 68.4 cm³/mol. The number of rotatable bonds is 7. The van der Waals surface area contributed by atoms with E-state index in [4.69, 9.17) is 5.11 Å². The van der Waals surface area contributed by atoms with Crippen molar-refractivity contribution in [1.82, 2.24) is 4.98 Å². The van der Waals surface area contributed by atoms with E-state index in [1.807, 2.05) is 6.92 Å². The van der Waals surface area contributed by atoms with Crippen LogP contribution in [0.3, 0.4) is 0 Å². The molecule has 1 aromatic heterocycles. The summed E-state index contributed by atoms with van der Waals surface area (Å²) >= 11 is 0. The van der Waals surface area contributed by atoms with Crippen molar-refractivity contribution in [3.8, 4) is 0 Å². The van der Waals surface area contributed by atoms with Gasteiger partial charge in [-0.1, -0.05) is 26.2 Å². The molecule has 2 N–H and O–H groups in total. The monoisotopic (exact) mass is 254 g/mol. The Kier molecular flexibility index (Phi) is 5.55. The second-order valence-corrected chi connectivity index (χ2v) is 4.40. The number of aromatic carboxylic acids is 1. The molecule has 0 amide bonds. The average Bonchev–Trinajstić information content (AvgIpc) is 2.31. The molecule has 1 aromatic rings. The Hall–Kier alpha value is -1.65. The zero-order chi connectivity index (χ0) is 13.5. The van der Waals surface area contributed by atoms with Gasteiger partial charge in [0.25, 0.3) is 0 Å². The highest BCUT2D eigenvalue weighted by atomic mass is 19.1. The number of carboxylic acid groups (broad SMARTS) is 1. The smallest absolute Gasteiger partial charge is 0.339 e. The number of pyridine rings is 1. The van der Waals surface area contributed by atoms with Gasteiger partial charge in [-0.05, 0) is 19.4 Å². The molecule has 1 atom stereocenters. The maximum Gasteiger partial charge on any atom is 0.339 e. The van der Waals surface area contributed by atoms with Crippen molar-refractivity contribution >= 4 is 11.8 Å². The molecule has 5 heteroatoms. The lowest BCUT2D eigenvalue weighted by Gasteiger charge is -2.15. The minimum Gasteiger partial charge on any atom is -0.478 e. The van der Waals surface area contributed by atoms with Gasteiger partial charge in [-0.2, -0.15) is 0 Å². The van der Waals surface area contributed by atoms with Crippen LogP contribution < -0.4 is 5.32 Å². The second kappa shape index (κ2) is 6.93. The molecule has 100 valence electrons. The summed E-state index contributed by atoms with van der Waals surface area (Å²) in [6, 6.07) is 1.10. The summed E-state index contributed by atoms with van der Waals surface area (Å²) in [5.41, 5.74) is -0.127. The quantitative estimate of drug-likeness (QED) is 0.733. The summed E-state index contributed by atoms with van der Waals surface area (Å²) in [4.78, 5) is 14.8. The Morgan fingerprint density at radius 3 is 2.89 bits per heavy atom. The van der Waals surface area contributed by atoms with Crippen LogP contribution in [0.25, 0.3) is 0 Å². The number of aromatic nitrogens is 1. The largest absolute Gasteiger partial charge is 0.478 e. The van der Waals surface area contributed by atoms with E-state index in [0.717, 1.165) is 37.9 Å². The van der Waals surface area contributed by atoms with Crippen molar-refractivity contribution < 1.29 is 14.3 Å². The number of nitrogens with zero attached hydrogens (tertiary/aromatic N) is 1. The maximum atomic E-state index is 12.9. The highest BCUT2D eigenvalue weighted by Crippen LogP contribution is 2.16. The Morgan fingerprint density at radius 1 is 1.56 bits per heavy atom. The third kappa shape index (κ3) is 4.31. The molecule has 4 nitrogen and oxygen atoms in total. The highest BCUT2D eigenvalue weighted by Gasteiger charge is 2.14. The number of anilines is 1. The van der Waals surface area contributed by atoms with Crippen molar-refractivity contribution in [2.24, 2.45) is 0 Å². The van der Waals surface area contributed by atoms with Gasteiger partial charge in [-0.25, -0.2) is 14.2 Å². The SMILES string of the molecule is CCCCCC(C)Nc1ncc(F)cc1C(=O)O. The first-order valence-corrected chi connectivity index (χ1v) is 6.20. The Balaban J connectivity index is 2.68. The normalized spacial score (nSPS) is 12.2. The number of carbonyl (C=O) groups is 1. The fourth-order valence-corrected chi connectivity index (χ4v) is 1.72. The number of carboxylic acids is 1. The van der Waals surface area contributed by atoms with Crippen molar-refractivity contribution in [2.45, 2.75) is 45.6 Å². The van der Waals surface area contributed by atoms with Crippen molar-refractivity contribution in [1.29, 1.82) is 0 Å². The molecule has 0 saturated carbocycles. The first kappa shape index (κ1) is 14.4. The van der Waals surface area contributed by atoms with Crippen LogP contribution >= 0.6 is 0 Å². The zero-order valence-corrected chi connectivity index (χ0v) is 10.7. The van der Waals surface area contributed by atoms with E-state index in [0.29, 0.717) is 0 Å². The van der Waals surface area contributed by atoms with Crippen molar-refractivity contribution in [3.05, 3.63) is 23.6 Å². The Labute approximate surface area is 106 Å². The summed E-state index contributed by atoms with van der Waals surface area (Å²) in [6.45, 7) is 4.09. The molecule has 0 radical (unpaired) electrons. The topological polar surface area (TPSA) is 62.2 Å². The molecule has 0 bridgehead atoms. The molecule has 0 spiro atoms. The van der Waals surface area contributed by atoms with Crippen LogP contribution in [0.5, 0.6) is 0 Å². The van der Waals surface area contributed by atoms with E-state index in [2.05, 4.69) is 17.2 Å². The van der Waals surface area contributed by atoms with Gasteiger partial charge >= 0.3 is 5.97 Å². The second-order valence-electron chi connectivity index (χ2n) is 4.40. The molecule has 1 rings (SSSR count). The fraction of sp³-hybridized carbons (Fsp3) is 0.538. The fourth-order valence-electron chi connectivity index (χ4n) is 1.72. The van der Waals surface area contributed by atoms with Gasteiger partial charge < -0.3 is 10.4 Å². The van der Waals surface area contributed by atoms with E-state index in [1.54, 1.807) is 0 Å². The lowest BCUT2D eigenvalue weighted by molar-refractivity contribution is 0.0697. The molecule has 0 fully saturated rings. The summed E-state index contributed by atoms with van der Waals surface area (Å²) < 4.78 is 12.9. The highest BCUT2D eigenvalue weighted by molar-refractivity contribution is 5.93. The van der Waals surface area contributed by atoms with E-state index < -0.39 is 11.8 Å². The number of hydrogen-bond donors (Lipinski definition) is 2. The van der Waals surface area contributed by atoms with Crippen LogP contribution in [0.2, 0.25) is 0 Å². The van der Waals surface area contributed by atoms with E-state index in [9.17, 15) is 9.18 Å². The summed E-state index contributed by atoms with van der Waals surface area (Å²) in [5, 5.41) is 12.0. The number of nitrogens with one attached hydrogen (secondary N) is 1. The van der Waals surface area contributed by atoms with Gasteiger partial charge in [0.1, 0.15) is 17.2 Å². The van der Waals surface area contributed by atoms with Gasteiger partial charge in [0.05, 0.1) is 6.20 Å². The lowest BCUT2D eigenvalue weighted by atomic mass is 10.1. The molecule has 0 aliphatic rings. The van der Waals surface area contributed by atoms with Crippen LogP contribution in [-0.2, 0) is 0 Å². The number of halogens is 1. The summed E-state index contributed by atoms with van der Waals surface area (Å²) in [6.07, 6.45) is 5.32. The van der Waals surface area contributed by atoms with Gasteiger partial charge in [0.2, 0.25) is 0 Å². The number of hydrogen-bond acceptors (Lipinski definition) is 3. The molecule has 0 aliphatic carbocycles. The van der Waals surface area contributed by atoms with E-state index >= 15 is 0 Å². The molecular weight excluding hydrogens is 235 g/mol. The predicted octanol–water partition coefficient (Wildman–Crippen LogP) is 3.30. The minimum absolute atomic E-state index is 0.118. The Bertz CT molecular complexity index is 410. The van der Waals surface area contributed by atoms with Gasteiger partial charge in [-0.15, -0.1) is 0 Å². The molecular formula is C13H19FN2O2. The first-order valence-electron chi connectivity index (χ1n) is 6.20. The Morgan fingerprint density at radius 2 is 2.28 bits per heavy atom. The van der Waals surface area contributed by atoms with Crippen LogP contribution in [0.1, 0.15) is 49.9 Å². The molecule has 18 heavy (non-hydrogen) atoms. The summed E-state index contributed by atoms with van der Waals surface area (Å²) in [5.74, 6) is -1.59. The van der Waals surface area contributed by atoms with E-state index in [-0.39, 0.29) is 17.4 Å². The molecule has 1 unspecified atom stereocenters. The van der Waals surface area contributed by atoms with Gasteiger partial charge in [-0.3, -0.25) is 0 Å². The molecule has 0 aromatic carbocycles. The van der Waals surface area contributed by atoms with Crippen molar-refractivity contribution in [2.75, 3.05) is 5.32 Å². The molecule has 0 saturated heterocycles. The molecule has 0 aliphatic heterocycles. The van der Waals surface area contributed by atoms with Gasteiger partial charge in [0.15, 0.2) is 0 Å². The standard InChI is InChI=1S/C13H19FN2O2/c1-3-4-5-6-9(2)16-12-11(13(17)18)7-10(14)8-15-12/h7-9H,3-6H2,1-2H3,(H,15,16)(H,17,18). The maximum absolute atomic E-state index is 12.9. The lowest BCUT2D eigenvalue weighted by Crippen LogP contribution is -2.18. The summed E-state index contributed by atoms with van der Waals surface area (Å²) in [7, 11) is 0. The zero-order valence-electron chi connectivity index (χ0n) is 10.7. The minimum atomic E-state index is -1.18. The third-order valence-electron chi connectivity index (χ3n) is 2.71. The average molecular weight is 254 g/mol. The number of unbranched alkanes of at least 4 members (excludes halogenated alkanes) is 2. The molecule has 1 heterocycles. The van der Waals surface area contributed by atoms with Crippen LogP contribution in [0.4, 0.5) is 10.2 Å².